The van der Waals surface area contributed by atoms with Crippen LogP contribution < -0.4 is 16.0 Å². The molecule has 5 heteroatoms. The Morgan fingerprint density at radius 1 is 1.28 bits per heavy atom. The SMILES string of the molecule is c1cc(NCCNC2CCCC2)n(C2CNC2)n1. The molecule has 0 bridgehead atoms. The molecule has 5 nitrogen and oxygen atoms in total. The van der Waals surface area contributed by atoms with Crippen LogP contribution in [0, 0.1) is 0 Å². The van der Waals surface area contributed by atoms with E-state index in [0.717, 1.165) is 38.0 Å². The van der Waals surface area contributed by atoms with E-state index in [1.54, 1.807) is 0 Å². The number of anilines is 1. The zero-order valence-corrected chi connectivity index (χ0v) is 10.9. The molecule has 0 unspecified atom stereocenters. The van der Waals surface area contributed by atoms with Crippen molar-refractivity contribution in [2.24, 2.45) is 0 Å². The van der Waals surface area contributed by atoms with Crippen LogP contribution in [0.3, 0.4) is 0 Å². The van der Waals surface area contributed by atoms with Crippen molar-refractivity contribution in [1.29, 1.82) is 0 Å². The molecule has 18 heavy (non-hydrogen) atoms. The van der Waals surface area contributed by atoms with Gasteiger partial charge in [0.2, 0.25) is 0 Å². The second-order valence-electron chi connectivity index (χ2n) is 5.34. The minimum Gasteiger partial charge on any atom is -0.369 e. The molecule has 0 spiro atoms. The van der Waals surface area contributed by atoms with Crippen molar-refractivity contribution in [3.05, 3.63) is 12.3 Å². The van der Waals surface area contributed by atoms with Gasteiger partial charge in [0.05, 0.1) is 12.2 Å². The van der Waals surface area contributed by atoms with Crippen molar-refractivity contribution in [2.75, 3.05) is 31.5 Å². The molecular weight excluding hydrogens is 226 g/mol. The van der Waals surface area contributed by atoms with Crippen molar-refractivity contribution in [3.63, 3.8) is 0 Å². The molecule has 0 radical (unpaired) electrons. The highest BCUT2D eigenvalue weighted by Gasteiger charge is 2.21. The number of aromatic nitrogens is 2. The highest BCUT2D eigenvalue weighted by Crippen LogP contribution is 2.18. The lowest BCUT2D eigenvalue weighted by Crippen LogP contribution is -2.44. The molecule has 100 valence electrons. The maximum absolute atomic E-state index is 4.39. The Kier molecular flexibility index (Phi) is 3.81. The summed E-state index contributed by atoms with van der Waals surface area (Å²) in [6.45, 7) is 4.09. The Morgan fingerprint density at radius 2 is 2.11 bits per heavy atom. The van der Waals surface area contributed by atoms with Crippen molar-refractivity contribution in [2.45, 2.75) is 37.8 Å². The zero-order chi connectivity index (χ0) is 12.2. The van der Waals surface area contributed by atoms with Gasteiger partial charge in [0, 0.05) is 38.3 Å². The lowest BCUT2D eigenvalue weighted by Gasteiger charge is -2.29. The van der Waals surface area contributed by atoms with Crippen molar-refractivity contribution < 1.29 is 0 Å². The van der Waals surface area contributed by atoms with E-state index < -0.39 is 0 Å². The van der Waals surface area contributed by atoms with Gasteiger partial charge in [0.15, 0.2) is 0 Å². The molecule has 0 amide bonds. The van der Waals surface area contributed by atoms with Crippen molar-refractivity contribution in [3.8, 4) is 0 Å². The summed E-state index contributed by atoms with van der Waals surface area (Å²) in [6, 6.07) is 3.35. The number of hydrogen-bond donors (Lipinski definition) is 3. The van der Waals surface area contributed by atoms with E-state index in [1.165, 1.54) is 25.7 Å². The van der Waals surface area contributed by atoms with Gasteiger partial charge in [-0.3, -0.25) is 0 Å². The molecular formula is C13H23N5. The van der Waals surface area contributed by atoms with Crippen LogP contribution >= 0.6 is 0 Å². The zero-order valence-electron chi connectivity index (χ0n) is 10.9. The van der Waals surface area contributed by atoms with E-state index in [9.17, 15) is 0 Å². The van der Waals surface area contributed by atoms with Gasteiger partial charge in [-0.2, -0.15) is 5.10 Å². The number of nitrogens with zero attached hydrogens (tertiary/aromatic N) is 2. The second-order valence-corrected chi connectivity index (χ2v) is 5.34. The summed E-state index contributed by atoms with van der Waals surface area (Å²) >= 11 is 0. The Hall–Kier alpha value is -1.07. The van der Waals surface area contributed by atoms with E-state index in [-0.39, 0.29) is 0 Å². The third kappa shape index (κ3) is 2.67. The highest BCUT2D eigenvalue weighted by atomic mass is 15.4. The standard InChI is InChI=1S/C13H23N5/c1-2-4-11(3-1)15-7-8-16-13-5-6-17-18(13)12-9-14-10-12/h5-6,11-12,14-16H,1-4,7-10H2. The number of rotatable bonds is 6. The molecule has 2 heterocycles. The van der Waals surface area contributed by atoms with Gasteiger partial charge in [-0.15, -0.1) is 0 Å². The largest absolute Gasteiger partial charge is 0.369 e. The lowest BCUT2D eigenvalue weighted by molar-refractivity contribution is 0.321. The van der Waals surface area contributed by atoms with Gasteiger partial charge in [0.25, 0.3) is 0 Å². The average Bonchev–Trinajstić information content (AvgIpc) is 2.94. The van der Waals surface area contributed by atoms with Gasteiger partial charge in [-0.1, -0.05) is 12.8 Å². The molecule has 1 aliphatic heterocycles. The van der Waals surface area contributed by atoms with Crippen LogP contribution in [0.5, 0.6) is 0 Å². The maximum Gasteiger partial charge on any atom is 0.124 e. The summed E-state index contributed by atoms with van der Waals surface area (Å²) in [5.41, 5.74) is 0. The Labute approximate surface area is 108 Å². The van der Waals surface area contributed by atoms with Crippen LogP contribution in [0.15, 0.2) is 12.3 Å². The molecule has 0 atom stereocenters. The first-order valence-electron chi connectivity index (χ1n) is 7.15. The van der Waals surface area contributed by atoms with Crippen molar-refractivity contribution in [1.82, 2.24) is 20.4 Å². The van der Waals surface area contributed by atoms with Crippen LogP contribution in [-0.2, 0) is 0 Å². The topological polar surface area (TPSA) is 53.9 Å². The van der Waals surface area contributed by atoms with E-state index in [0.29, 0.717) is 6.04 Å². The minimum absolute atomic E-state index is 0.533. The molecule has 1 aromatic rings. The Balaban J connectivity index is 1.40. The van der Waals surface area contributed by atoms with E-state index in [1.807, 2.05) is 6.20 Å². The van der Waals surface area contributed by atoms with E-state index >= 15 is 0 Å². The number of hydrogen-bond acceptors (Lipinski definition) is 4. The van der Waals surface area contributed by atoms with Gasteiger partial charge in [-0.05, 0) is 12.8 Å². The molecule has 0 aromatic carbocycles. The van der Waals surface area contributed by atoms with Crippen molar-refractivity contribution >= 4 is 5.82 Å². The first kappa shape index (κ1) is 12.0. The summed E-state index contributed by atoms with van der Waals surface area (Å²) in [5.74, 6) is 1.15. The fourth-order valence-electron chi connectivity index (χ4n) is 2.79. The summed E-state index contributed by atoms with van der Waals surface area (Å²) < 4.78 is 2.10. The van der Waals surface area contributed by atoms with Gasteiger partial charge >= 0.3 is 0 Å². The Morgan fingerprint density at radius 3 is 2.83 bits per heavy atom. The molecule has 3 rings (SSSR count). The quantitative estimate of drug-likeness (QED) is 0.658. The summed E-state index contributed by atoms with van der Waals surface area (Å²) in [4.78, 5) is 0. The summed E-state index contributed by atoms with van der Waals surface area (Å²) in [5, 5.41) is 14.8. The smallest absolute Gasteiger partial charge is 0.124 e. The molecule has 3 N–H and O–H groups in total. The Bertz CT molecular complexity index is 365. The third-order valence-corrected chi connectivity index (χ3v) is 4.00. The molecule has 2 aliphatic rings. The van der Waals surface area contributed by atoms with Gasteiger partial charge in [0.1, 0.15) is 5.82 Å². The maximum atomic E-state index is 4.39. The highest BCUT2D eigenvalue weighted by molar-refractivity contribution is 5.34. The van der Waals surface area contributed by atoms with Crippen LogP contribution in [0.4, 0.5) is 5.82 Å². The van der Waals surface area contributed by atoms with Gasteiger partial charge in [-0.25, -0.2) is 4.68 Å². The first-order chi connectivity index (χ1) is 8.93. The van der Waals surface area contributed by atoms with Crippen LogP contribution in [0.1, 0.15) is 31.7 Å². The molecule has 1 aromatic heterocycles. The molecule has 1 saturated carbocycles. The van der Waals surface area contributed by atoms with E-state index in [4.69, 9.17) is 0 Å². The second kappa shape index (κ2) is 5.71. The summed E-state index contributed by atoms with van der Waals surface area (Å²) in [7, 11) is 0. The molecule has 2 fully saturated rings. The van der Waals surface area contributed by atoms with Crippen LogP contribution in [-0.4, -0.2) is 42.0 Å². The predicted molar refractivity (Wildman–Crippen MR) is 72.9 cm³/mol. The predicted octanol–water partition coefficient (Wildman–Crippen LogP) is 0.972. The third-order valence-electron chi connectivity index (χ3n) is 4.00. The molecule has 1 aliphatic carbocycles. The fraction of sp³-hybridized carbons (Fsp3) is 0.769. The molecule has 1 saturated heterocycles. The lowest BCUT2D eigenvalue weighted by atomic mass is 10.2. The summed E-state index contributed by atoms with van der Waals surface area (Å²) in [6.07, 6.45) is 7.38. The first-order valence-corrected chi connectivity index (χ1v) is 7.15. The van der Waals surface area contributed by atoms with Gasteiger partial charge < -0.3 is 16.0 Å². The van der Waals surface area contributed by atoms with Crippen LogP contribution in [0.2, 0.25) is 0 Å². The average molecular weight is 249 g/mol. The minimum atomic E-state index is 0.533. The monoisotopic (exact) mass is 249 g/mol. The fourth-order valence-corrected chi connectivity index (χ4v) is 2.79. The number of nitrogens with one attached hydrogen (secondary N) is 3. The normalized spacial score (nSPS) is 21.1. The van der Waals surface area contributed by atoms with E-state index in [2.05, 4.69) is 31.8 Å². The van der Waals surface area contributed by atoms with Crippen LogP contribution in [0.25, 0.3) is 0 Å².